The highest BCUT2D eigenvalue weighted by atomic mass is 16.4. The largest absolute Gasteiger partial charge is 0.465 e. The number of aromatic nitrogens is 4. The third-order valence-corrected chi connectivity index (χ3v) is 4.14. The number of piperidine rings is 1. The molecular weight excluding hydrogens is 298 g/mol. The average Bonchev–Trinajstić information content (AvgIpc) is 3.00. The topological polar surface area (TPSA) is 122 Å². The molecule has 1 fully saturated rings. The Morgan fingerprint density at radius 3 is 2.91 bits per heavy atom. The summed E-state index contributed by atoms with van der Waals surface area (Å²) < 4.78 is 1.72. The molecule has 0 saturated carbocycles. The van der Waals surface area contributed by atoms with Crippen LogP contribution in [0, 0.1) is 5.92 Å². The number of hydrogen-bond acceptors (Lipinski definition) is 6. The summed E-state index contributed by atoms with van der Waals surface area (Å²) in [4.78, 5) is 17.3. The summed E-state index contributed by atoms with van der Waals surface area (Å²) in [6, 6.07) is 1.41. The molecule has 122 valence electrons. The Labute approximate surface area is 133 Å². The number of amides is 1. The number of carboxylic acid groups (broad SMARTS) is 1. The fourth-order valence-corrected chi connectivity index (χ4v) is 3.27. The van der Waals surface area contributed by atoms with Crippen molar-refractivity contribution < 1.29 is 9.90 Å². The van der Waals surface area contributed by atoms with Crippen molar-refractivity contribution in [1.82, 2.24) is 25.3 Å². The van der Waals surface area contributed by atoms with E-state index in [4.69, 9.17) is 10.8 Å². The number of nitrogens with one attached hydrogen (secondary N) is 1. The van der Waals surface area contributed by atoms with E-state index in [1.807, 2.05) is 6.07 Å². The summed E-state index contributed by atoms with van der Waals surface area (Å²) in [6.07, 6.45) is 5.58. The number of hydrogen-bond donors (Lipinski definition) is 3. The number of pyridine rings is 1. The third-order valence-electron chi connectivity index (χ3n) is 4.14. The van der Waals surface area contributed by atoms with Gasteiger partial charge in [0.05, 0.1) is 35.9 Å². The number of nitrogen functional groups attached to an aromatic ring is 1. The molecule has 0 aliphatic carbocycles. The van der Waals surface area contributed by atoms with Crippen molar-refractivity contribution in [1.29, 1.82) is 0 Å². The fraction of sp³-hybridized carbons (Fsp3) is 0.429. The molecule has 0 unspecified atom stereocenters. The van der Waals surface area contributed by atoms with E-state index in [1.165, 1.54) is 0 Å². The number of anilines is 2. The lowest BCUT2D eigenvalue weighted by Crippen LogP contribution is -2.56. The Kier molecular flexibility index (Phi) is 4.00. The third kappa shape index (κ3) is 3.03. The highest BCUT2D eigenvalue weighted by Crippen LogP contribution is 2.32. The number of nitrogens with two attached hydrogens (primary N) is 1. The molecule has 1 amide bonds. The maximum absolute atomic E-state index is 11.2. The van der Waals surface area contributed by atoms with Crippen molar-refractivity contribution in [2.24, 2.45) is 5.92 Å². The zero-order valence-corrected chi connectivity index (χ0v) is 12.7. The summed E-state index contributed by atoms with van der Waals surface area (Å²) in [7, 11) is 0. The van der Waals surface area contributed by atoms with Crippen molar-refractivity contribution in [2.75, 3.05) is 23.7 Å². The van der Waals surface area contributed by atoms with E-state index >= 15 is 0 Å². The van der Waals surface area contributed by atoms with E-state index in [2.05, 4.69) is 32.4 Å². The maximum atomic E-state index is 11.2. The van der Waals surface area contributed by atoms with Crippen LogP contribution in [0.4, 0.5) is 16.2 Å². The van der Waals surface area contributed by atoms with Crippen molar-refractivity contribution in [2.45, 2.75) is 19.0 Å². The normalized spacial score (nSPS) is 24.4. The van der Waals surface area contributed by atoms with E-state index in [0.29, 0.717) is 12.2 Å². The first kappa shape index (κ1) is 15.1. The van der Waals surface area contributed by atoms with Gasteiger partial charge in [0, 0.05) is 25.5 Å². The van der Waals surface area contributed by atoms with Crippen LogP contribution in [-0.2, 0) is 0 Å². The molecule has 1 aliphatic rings. The molecule has 1 saturated heterocycles. The lowest BCUT2D eigenvalue weighted by molar-refractivity contribution is 0.167. The first-order valence-corrected chi connectivity index (χ1v) is 7.36. The van der Waals surface area contributed by atoms with Crippen LogP contribution in [0.1, 0.15) is 13.0 Å². The molecule has 23 heavy (non-hydrogen) atoms. The van der Waals surface area contributed by atoms with Crippen LogP contribution in [0.15, 0.2) is 30.9 Å². The van der Waals surface area contributed by atoms with Gasteiger partial charge < -0.3 is 21.1 Å². The fourth-order valence-electron chi connectivity index (χ4n) is 3.27. The zero-order valence-electron chi connectivity index (χ0n) is 12.7. The Morgan fingerprint density at radius 1 is 1.43 bits per heavy atom. The smallest absolute Gasteiger partial charge is 0.405 e. The average molecular weight is 317 g/mol. The summed E-state index contributed by atoms with van der Waals surface area (Å²) >= 11 is 0. The van der Waals surface area contributed by atoms with Gasteiger partial charge in [0.1, 0.15) is 0 Å². The van der Waals surface area contributed by atoms with Gasteiger partial charge in [-0.15, -0.1) is 5.10 Å². The molecule has 9 nitrogen and oxygen atoms in total. The second kappa shape index (κ2) is 6.11. The van der Waals surface area contributed by atoms with Crippen LogP contribution in [0.5, 0.6) is 0 Å². The van der Waals surface area contributed by atoms with Crippen LogP contribution in [0.25, 0.3) is 0 Å². The van der Waals surface area contributed by atoms with Gasteiger partial charge in [0.25, 0.3) is 0 Å². The zero-order chi connectivity index (χ0) is 16.4. The van der Waals surface area contributed by atoms with Crippen LogP contribution in [0.2, 0.25) is 0 Å². The molecule has 1 aliphatic heterocycles. The second-order valence-corrected chi connectivity index (χ2v) is 5.75. The SMILES string of the molecule is C[C@H]1CN(c2ccncc2N)C[C@@H](NC(=O)O)[C@@H]1n1ccnn1. The van der Waals surface area contributed by atoms with Crippen molar-refractivity contribution >= 4 is 17.5 Å². The van der Waals surface area contributed by atoms with Crippen LogP contribution in [-0.4, -0.2) is 50.3 Å². The molecule has 3 heterocycles. The highest BCUT2D eigenvalue weighted by molar-refractivity contribution is 5.67. The molecule has 4 N–H and O–H groups in total. The molecule has 2 aromatic rings. The first-order chi connectivity index (χ1) is 11.1. The van der Waals surface area contributed by atoms with Crippen molar-refractivity contribution in [3.8, 4) is 0 Å². The summed E-state index contributed by atoms with van der Waals surface area (Å²) in [5.41, 5.74) is 7.44. The van der Waals surface area contributed by atoms with Crippen LogP contribution < -0.4 is 16.0 Å². The lowest BCUT2D eigenvalue weighted by atomic mass is 9.89. The van der Waals surface area contributed by atoms with Gasteiger partial charge in [-0.25, -0.2) is 9.48 Å². The van der Waals surface area contributed by atoms with Gasteiger partial charge in [0.15, 0.2) is 0 Å². The van der Waals surface area contributed by atoms with Gasteiger partial charge in [0.2, 0.25) is 0 Å². The molecule has 0 radical (unpaired) electrons. The summed E-state index contributed by atoms with van der Waals surface area (Å²) in [6.45, 7) is 3.29. The highest BCUT2D eigenvalue weighted by Gasteiger charge is 2.37. The Bertz CT molecular complexity index is 676. The molecule has 2 aromatic heterocycles. The monoisotopic (exact) mass is 317 g/mol. The van der Waals surface area contributed by atoms with Crippen LogP contribution >= 0.6 is 0 Å². The van der Waals surface area contributed by atoms with E-state index < -0.39 is 6.09 Å². The molecule has 0 aromatic carbocycles. The Balaban J connectivity index is 1.89. The number of carbonyl (C=O) groups is 1. The summed E-state index contributed by atoms with van der Waals surface area (Å²) in [5, 5.41) is 19.6. The summed E-state index contributed by atoms with van der Waals surface area (Å²) in [5.74, 6) is 0.148. The van der Waals surface area contributed by atoms with Gasteiger partial charge in [-0.3, -0.25) is 4.98 Å². The van der Waals surface area contributed by atoms with E-state index in [-0.39, 0.29) is 18.0 Å². The minimum atomic E-state index is -1.06. The standard InChI is InChI=1S/C14H19N7O2/c1-9-7-20(12-2-3-16-6-10(12)15)8-11(18-14(22)23)13(9)21-5-4-17-19-21/h2-6,9,11,13,18H,7-8,15H2,1H3,(H,22,23)/t9-,11+,13+/m0/s1. The second-order valence-electron chi connectivity index (χ2n) is 5.75. The van der Waals surface area contributed by atoms with Gasteiger partial charge >= 0.3 is 6.09 Å². The minimum absolute atomic E-state index is 0.104. The number of nitrogens with zero attached hydrogens (tertiary/aromatic N) is 5. The minimum Gasteiger partial charge on any atom is -0.465 e. The molecule has 3 rings (SSSR count). The first-order valence-electron chi connectivity index (χ1n) is 7.36. The molecule has 9 heteroatoms. The quantitative estimate of drug-likeness (QED) is 0.757. The predicted molar refractivity (Wildman–Crippen MR) is 84.0 cm³/mol. The van der Waals surface area contributed by atoms with E-state index in [1.54, 1.807) is 29.5 Å². The molecule has 0 spiro atoms. The molecule has 0 bridgehead atoms. The number of rotatable bonds is 3. The Hall–Kier alpha value is -2.84. The van der Waals surface area contributed by atoms with Crippen LogP contribution in [0.3, 0.4) is 0 Å². The van der Waals surface area contributed by atoms with E-state index in [9.17, 15) is 4.79 Å². The van der Waals surface area contributed by atoms with Gasteiger partial charge in [-0.1, -0.05) is 12.1 Å². The van der Waals surface area contributed by atoms with Crippen molar-refractivity contribution in [3.63, 3.8) is 0 Å². The van der Waals surface area contributed by atoms with Crippen molar-refractivity contribution in [3.05, 3.63) is 30.9 Å². The van der Waals surface area contributed by atoms with E-state index in [0.717, 1.165) is 12.2 Å². The van der Waals surface area contributed by atoms with Gasteiger partial charge in [-0.2, -0.15) is 0 Å². The maximum Gasteiger partial charge on any atom is 0.405 e. The molecular formula is C14H19N7O2. The predicted octanol–water partition coefficient (Wildman–Crippen LogP) is 0.589. The molecule has 3 atom stereocenters. The lowest BCUT2D eigenvalue weighted by Gasteiger charge is -2.43. The Morgan fingerprint density at radius 2 is 2.26 bits per heavy atom. The van der Waals surface area contributed by atoms with Gasteiger partial charge in [-0.05, 0) is 12.0 Å².